The Morgan fingerprint density at radius 3 is 1.41 bits per heavy atom. The van der Waals surface area contributed by atoms with E-state index in [1.807, 2.05) is 35.6 Å². The number of nitriles is 2. The first-order valence-corrected chi connectivity index (χ1v) is 24.0. The Hall–Kier alpha value is -7.81. The molecule has 9 aromatic carbocycles. The Labute approximate surface area is 390 Å². The van der Waals surface area contributed by atoms with Crippen molar-refractivity contribution in [3.8, 4) is 12.1 Å². The molecule has 0 spiro atoms. The van der Waals surface area contributed by atoms with Gasteiger partial charge in [-0.3, -0.25) is 4.90 Å². The average molecular weight is 884 g/mol. The van der Waals surface area contributed by atoms with Gasteiger partial charge in [0.05, 0.1) is 49.3 Å². The van der Waals surface area contributed by atoms with Crippen molar-refractivity contribution in [2.75, 3.05) is 9.80 Å². The minimum Gasteiger partial charge on any atom is -0.308 e. The van der Waals surface area contributed by atoms with Gasteiger partial charge in [-0.15, -0.1) is 22.7 Å². The van der Waals surface area contributed by atoms with E-state index in [0.29, 0.717) is 11.1 Å². The number of hydrogen-bond donors (Lipinski definition) is 0. The Morgan fingerprint density at radius 1 is 0.439 bits per heavy atom. The second-order valence-electron chi connectivity index (χ2n) is 17.7. The fraction of sp³-hybridized carbons (Fsp3) is 0.102. The average Bonchev–Trinajstić information content (AvgIpc) is 3.94. The lowest BCUT2D eigenvalue weighted by Crippen LogP contribution is -2.14. The highest BCUT2D eigenvalue weighted by molar-refractivity contribution is 7.26. The number of aromatic nitrogens is 1. The summed E-state index contributed by atoms with van der Waals surface area (Å²) >= 11 is 3.63. The van der Waals surface area contributed by atoms with Crippen molar-refractivity contribution < 1.29 is 0 Å². The van der Waals surface area contributed by atoms with Gasteiger partial charge in [-0.05, 0) is 117 Å². The summed E-state index contributed by atoms with van der Waals surface area (Å²) in [5.41, 5.74) is 8.93. The van der Waals surface area contributed by atoms with Crippen LogP contribution in [0.1, 0.15) is 61.8 Å². The number of thiophene rings is 2. The molecule has 3 aromatic heterocycles. The molecule has 0 bridgehead atoms. The summed E-state index contributed by atoms with van der Waals surface area (Å²) in [6.45, 7) is 9.17. The molecule has 0 atom stereocenters. The van der Waals surface area contributed by atoms with E-state index in [1.54, 1.807) is 17.5 Å². The van der Waals surface area contributed by atoms with Crippen LogP contribution >= 0.6 is 22.7 Å². The molecule has 0 fully saturated rings. The van der Waals surface area contributed by atoms with Crippen LogP contribution in [0, 0.1) is 22.7 Å². The smallest absolute Gasteiger partial charge is 0.137 e. The third-order valence-electron chi connectivity index (χ3n) is 13.3. The molecular formula is C59H41N5S2. The van der Waals surface area contributed by atoms with Crippen molar-refractivity contribution >= 4 is 130 Å². The summed E-state index contributed by atoms with van der Waals surface area (Å²) < 4.78 is 4.88. The first-order valence-electron chi connectivity index (χ1n) is 22.4. The van der Waals surface area contributed by atoms with Crippen molar-refractivity contribution in [3.63, 3.8) is 0 Å². The standard InChI is InChI=1S/C59H41N5S2/c1-34(2)47-29-51(63(38-22-19-36(31-60)20-23-38)49-15-9-13-43-39-11-5-7-17-53(39)65-58(43)49)45-26-24-42-48(35(3)4)30-52(46-27-25-41(47)56(45)57(42)46)64(55-28-21-37(32-61)33-62-55)50-16-10-14-44-40-12-6-8-18-54(40)66-59(44)50/h5-30,33-35H,1-4H3. The molecule has 7 heteroatoms. The van der Waals surface area contributed by atoms with Gasteiger partial charge in [-0.1, -0.05) is 113 Å². The van der Waals surface area contributed by atoms with Crippen molar-refractivity contribution in [1.29, 1.82) is 10.5 Å². The Morgan fingerprint density at radius 2 is 0.909 bits per heavy atom. The van der Waals surface area contributed by atoms with Gasteiger partial charge in [0.1, 0.15) is 11.9 Å². The van der Waals surface area contributed by atoms with E-state index in [-0.39, 0.29) is 11.8 Å². The monoisotopic (exact) mass is 883 g/mol. The van der Waals surface area contributed by atoms with Crippen molar-refractivity contribution in [2.24, 2.45) is 0 Å². The fourth-order valence-corrected chi connectivity index (χ4v) is 12.6. The van der Waals surface area contributed by atoms with Gasteiger partial charge in [0.25, 0.3) is 0 Å². The predicted molar refractivity (Wildman–Crippen MR) is 281 cm³/mol. The molecule has 0 amide bonds. The molecule has 314 valence electrons. The molecule has 0 saturated heterocycles. The minimum atomic E-state index is 0.203. The summed E-state index contributed by atoms with van der Waals surface area (Å²) in [6.07, 6.45) is 1.68. The van der Waals surface area contributed by atoms with Crippen molar-refractivity contribution in [2.45, 2.75) is 39.5 Å². The second-order valence-corrected chi connectivity index (χ2v) is 19.8. The molecule has 12 aromatic rings. The molecule has 0 radical (unpaired) electrons. The molecule has 0 N–H and O–H groups in total. The number of rotatable bonds is 8. The lowest BCUT2D eigenvalue weighted by Gasteiger charge is -2.31. The first-order chi connectivity index (χ1) is 32.3. The van der Waals surface area contributed by atoms with Gasteiger partial charge in [-0.25, -0.2) is 4.98 Å². The number of fused-ring (bicyclic) bond motifs is 6. The molecule has 0 aliphatic rings. The predicted octanol–water partition coefficient (Wildman–Crippen LogP) is 17.6. The molecule has 0 aliphatic carbocycles. The normalized spacial score (nSPS) is 11.9. The van der Waals surface area contributed by atoms with Crippen LogP contribution in [0.25, 0.3) is 72.7 Å². The molecule has 5 nitrogen and oxygen atoms in total. The highest BCUT2D eigenvalue weighted by atomic mass is 32.1. The summed E-state index contributed by atoms with van der Waals surface area (Å²) in [4.78, 5) is 9.78. The Balaban J connectivity index is 1.21. The molecule has 0 aliphatic heterocycles. The molecule has 12 rings (SSSR count). The summed E-state index contributed by atoms with van der Waals surface area (Å²) in [5.74, 6) is 1.16. The van der Waals surface area contributed by atoms with E-state index in [2.05, 4.69) is 183 Å². The SMILES string of the molecule is CC(C)c1cc(N(c2ccc(C#N)cc2)c2cccc3c2sc2ccccc23)c2ccc3c(C(C)C)cc(N(c4ccc(C#N)cn4)c4cccc5c4sc4ccccc45)c4ccc1c2c34. The first kappa shape index (κ1) is 39.8. The van der Waals surface area contributed by atoms with Crippen molar-refractivity contribution in [1.82, 2.24) is 4.98 Å². The number of hydrogen-bond acceptors (Lipinski definition) is 7. The zero-order chi connectivity index (χ0) is 44.8. The molecular weight excluding hydrogens is 843 g/mol. The molecule has 66 heavy (non-hydrogen) atoms. The lowest BCUT2D eigenvalue weighted by molar-refractivity contribution is 0.875. The molecule has 3 heterocycles. The van der Waals surface area contributed by atoms with Crippen LogP contribution in [0.4, 0.5) is 34.3 Å². The van der Waals surface area contributed by atoms with Crippen LogP contribution in [0.2, 0.25) is 0 Å². The van der Waals surface area contributed by atoms with Gasteiger partial charge in [0.2, 0.25) is 0 Å². The number of anilines is 6. The fourth-order valence-electron chi connectivity index (χ4n) is 10.2. The number of benzene rings is 9. The second kappa shape index (κ2) is 15.4. The number of pyridine rings is 1. The zero-order valence-corrected chi connectivity index (χ0v) is 38.4. The maximum absolute atomic E-state index is 9.91. The van der Waals surface area contributed by atoms with Gasteiger partial charge in [0, 0.05) is 53.6 Å². The van der Waals surface area contributed by atoms with Crippen LogP contribution in [0.3, 0.4) is 0 Å². The summed E-state index contributed by atoms with van der Waals surface area (Å²) in [7, 11) is 0. The zero-order valence-electron chi connectivity index (χ0n) is 36.8. The third kappa shape index (κ3) is 6.05. The number of nitrogens with zero attached hydrogens (tertiary/aromatic N) is 5. The van der Waals surface area contributed by atoms with Crippen LogP contribution in [-0.2, 0) is 0 Å². The van der Waals surface area contributed by atoms with Crippen molar-refractivity contribution in [3.05, 3.63) is 186 Å². The van der Waals surface area contributed by atoms with Crippen LogP contribution < -0.4 is 9.80 Å². The van der Waals surface area contributed by atoms with Crippen LogP contribution in [0.15, 0.2) is 164 Å². The molecule has 0 saturated carbocycles. The van der Waals surface area contributed by atoms with Gasteiger partial charge < -0.3 is 4.90 Å². The molecule has 0 unspecified atom stereocenters. The lowest BCUT2D eigenvalue weighted by atomic mass is 9.84. The van der Waals surface area contributed by atoms with Crippen LogP contribution in [-0.4, -0.2) is 4.98 Å². The van der Waals surface area contributed by atoms with Crippen LogP contribution in [0.5, 0.6) is 0 Å². The topological polar surface area (TPSA) is 67.0 Å². The van der Waals surface area contributed by atoms with E-state index >= 15 is 0 Å². The Bertz CT molecular complexity index is 3720. The largest absolute Gasteiger partial charge is 0.308 e. The van der Waals surface area contributed by atoms with Gasteiger partial charge in [0.15, 0.2) is 0 Å². The quantitative estimate of drug-likeness (QED) is 0.142. The highest BCUT2D eigenvalue weighted by Gasteiger charge is 2.28. The van der Waals surface area contributed by atoms with E-state index in [4.69, 9.17) is 4.98 Å². The minimum absolute atomic E-state index is 0.203. The Kier molecular flexibility index (Phi) is 9.29. The summed E-state index contributed by atoms with van der Waals surface area (Å²) in [5, 5.41) is 31.9. The maximum Gasteiger partial charge on any atom is 0.137 e. The maximum atomic E-state index is 9.91. The van der Waals surface area contributed by atoms with Gasteiger partial charge >= 0.3 is 0 Å². The van der Waals surface area contributed by atoms with E-state index < -0.39 is 0 Å². The van der Waals surface area contributed by atoms with Gasteiger partial charge in [-0.2, -0.15) is 10.5 Å². The van der Waals surface area contributed by atoms with E-state index in [1.165, 1.54) is 73.0 Å². The van der Waals surface area contributed by atoms with E-state index in [0.717, 1.165) is 45.0 Å². The summed E-state index contributed by atoms with van der Waals surface area (Å²) in [6, 6.07) is 61.2. The highest BCUT2D eigenvalue weighted by Crippen LogP contribution is 2.53. The van der Waals surface area contributed by atoms with E-state index in [9.17, 15) is 10.5 Å². The third-order valence-corrected chi connectivity index (χ3v) is 15.7.